The summed E-state index contributed by atoms with van der Waals surface area (Å²) in [6, 6.07) is 80.8. The van der Waals surface area contributed by atoms with Gasteiger partial charge in [-0.15, -0.1) is 0 Å². The summed E-state index contributed by atoms with van der Waals surface area (Å²) < 4.78 is 2.49. The molecule has 1 heterocycles. The first-order chi connectivity index (χ1) is 32.0. The van der Waals surface area contributed by atoms with E-state index in [4.69, 9.17) is 0 Å². The number of hydrogen-bond acceptors (Lipinski definition) is 1. The summed E-state index contributed by atoms with van der Waals surface area (Å²) in [4.78, 5) is 2.41. The van der Waals surface area contributed by atoms with Gasteiger partial charge in [0.1, 0.15) is 0 Å². The second-order valence-electron chi connectivity index (χ2n) is 19.9. The van der Waals surface area contributed by atoms with Crippen molar-refractivity contribution in [2.24, 2.45) is 0 Å². The van der Waals surface area contributed by atoms with E-state index in [1.165, 1.54) is 93.5 Å². The van der Waals surface area contributed by atoms with Crippen LogP contribution in [0.25, 0.3) is 82.4 Å². The van der Waals surface area contributed by atoms with Crippen molar-refractivity contribution in [1.82, 2.24) is 4.57 Å². The molecule has 0 unspecified atom stereocenters. The van der Waals surface area contributed by atoms with Crippen LogP contribution >= 0.6 is 0 Å². The zero-order valence-corrected chi connectivity index (χ0v) is 38.7. The summed E-state index contributed by atoms with van der Waals surface area (Å²) in [5.74, 6) is 0. The number of anilines is 3. The molecule has 2 heteroatoms. The van der Waals surface area contributed by atoms with Gasteiger partial charge < -0.3 is 9.47 Å². The molecule has 0 radical (unpaired) electrons. The van der Waals surface area contributed by atoms with Gasteiger partial charge in [0.15, 0.2) is 0 Å². The lowest BCUT2D eigenvalue weighted by Crippen LogP contribution is -2.12. The predicted molar refractivity (Wildman–Crippen MR) is 284 cm³/mol. The Morgan fingerprint density at radius 1 is 0.333 bits per heavy atom. The lowest BCUT2D eigenvalue weighted by Gasteiger charge is -2.27. The normalized spacial score (nSPS) is 12.1. The molecule has 66 heavy (non-hydrogen) atoms. The summed E-state index contributed by atoms with van der Waals surface area (Å²) in [5.41, 5.74) is 16.7. The van der Waals surface area contributed by atoms with Crippen molar-refractivity contribution in [1.29, 1.82) is 0 Å². The average molecular weight is 851 g/mol. The van der Waals surface area contributed by atoms with Gasteiger partial charge in [-0.25, -0.2) is 0 Å². The Bertz CT molecular complexity index is 3560. The summed E-state index contributed by atoms with van der Waals surface area (Å²) in [6.45, 7) is 13.9. The topological polar surface area (TPSA) is 8.17 Å². The molecule has 0 saturated carbocycles. The molecule has 0 fully saturated rings. The van der Waals surface area contributed by atoms with Gasteiger partial charge in [-0.2, -0.15) is 0 Å². The largest absolute Gasteiger partial charge is 0.310 e. The number of para-hydroxylation sites is 1. The van der Waals surface area contributed by atoms with Crippen molar-refractivity contribution in [2.45, 2.75) is 52.4 Å². The standard InChI is InChI=1S/C64H54N2/c1-63(2,3)50-31-37-58-60(41-50)66(52-20-11-8-12-21-52)61-42-51(64(4,5)6)40-59(62(58)61)48-19-15-22-55(39-48)65(53-32-26-44(27-33-53)43-16-9-7-10-17-43)54-34-28-45(29-35-54)47-30-36-57-49(38-47)25-24-46-18-13-14-23-56(46)57/h7-42H,1-6H3. The molecule has 0 atom stereocenters. The molecule has 10 aromatic carbocycles. The Morgan fingerprint density at radius 2 is 0.879 bits per heavy atom. The molecule has 0 N–H and O–H groups in total. The fraction of sp³-hybridized carbons (Fsp3) is 0.125. The van der Waals surface area contributed by atoms with E-state index in [0.29, 0.717) is 0 Å². The summed E-state index contributed by atoms with van der Waals surface area (Å²) in [7, 11) is 0. The highest BCUT2D eigenvalue weighted by Crippen LogP contribution is 2.45. The van der Waals surface area contributed by atoms with Crippen LogP contribution < -0.4 is 4.90 Å². The minimum atomic E-state index is -0.0811. The average Bonchev–Trinajstić information content (AvgIpc) is 3.68. The van der Waals surface area contributed by atoms with Crippen LogP contribution in [0, 0.1) is 0 Å². The first-order valence-corrected chi connectivity index (χ1v) is 23.2. The molecule has 1 aromatic heterocycles. The maximum absolute atomic E-state index is 2.49. The quantitative estimate of drug-likeness (QED) is 0.145. The van der Waals surface area contributed by atoms with Crippen LogP contribution in [0.3, 0.4) is 0 Å². The smallest absolute Gasteiger partial charge is 0.0550 e. The molecule has 0 bridgehead atoms. The van der Waals surface area contributed by atoms with Crippen molar-refractivity contribution in [3.63, 3.8) is 0 Å². The first kappa shape index (κ1) is 41.1. The van der Waals surface area contributed by atoms with Crippen molar-refractivity contribution in [3.05, 3.63) is 230 Å². The highest BCUT2D eigenvalue weighted by molar-refractivity contribution is 6.16. The van der Waals surface area contributed by atoms with Gasteiger partial charge in [-0.1, -0.05) is 187 Å². The van der Waals surface area contributed by atoms with Crippen LogP contribution in [0.1, 0.15) is 52.7 Å². The number of fused-ring (bicyclic) bond motifs is 6. The molecular formula is C64H54N2. The van der Waals surface area contributed by atoms with E-state index in [1.54, 1.807) is 0 Å². The van der Waals surface area contributed by atoms with E-state index >= 15 is 0 Å². The minimum Gasteiger partial charge on any atom is -0.310 e. The molecule has 320 valence electrons. The Balaban J connectivity index is 1.08. The second kappa shape index (κ2) is 16.1. The SMILES string of the molecule is CC(C)(C)c1ccc2c3c(-c4cccc(N(c5ccc(-c6ccccc6)cc5)c5ccc(-c6ccc7c(ccc8ccccc87)c6)cc5)c4)cc(C(C)(C)C)cc3n(-c3ccccc3)c2c1. The lowest BCUT2D eigenvalue weighted by atomic mass is 9.83. The molecule has 0 aliphatic rings. The summed E-state index contributed by atoms with van der Waals surface area (Å²) in [6.07, 6.45) is 0. The number of hydrogen-bond donors (Lipinski definition) is 0. The number of benzene rings is 10. The van der Waals surface area contributed by atoms with Crippen LogP contribution in [0.2, 0.25) is 0 Å². The molecule has 11 rings (SSSR count). The highest BCUT2D eigenvalue weighted by Gasteiger charge is 2.25. The van der Waals surface area contributed by atoms with E-state index in [0.717, 1.165) is 17.1 Å². The van der Waals surface area contributed by atoms with Crippen molar-refractivity contribution < 1.29 is 0 Å². The van der Waals surface area contributed by atoms with Crippen LogP contribution in [0.5, 0.6) is 0 Å². The van der Waals surface area contributed by atoms with E-state index in [-0.39, 0.29) is 10.8 Å². The van der Waals surface area contributed by atoms with Gasteiger partial charge in [0.2, 0.25) is 0 Å². The zero-order valence-electron chi connectivity index (χ0n) is 38.7. The Labute approximate surface area is 389 Å². The molecule has 2 nitrogen and oxygen atoms in total. The van der Waals surface area contributed by atoms with E-state index < -0.39 is 0 Å². The number of aromatic nitrogens is 1. The Kier molecular flexibility index (Phi) is 10.0. The Morgan fingerprint density at radius 3 is 1.58 bits per heavy atom. The molecule has 0 aliphatic heterocycles. The molecule has 11 aromatic rings. The van der Waals surface area contributed by atoms with E-state index in [9.17, 15) is 0 Å². The third-order valence-electron chi connectivity index (χ3n) is 13.5. The van der Waals surface area contributed by atoms with Gasteiger partial charge in [0.05, 0.1) is 11.0 Å². The van der Waals surface area contributed by atoms with Crippen molar-refractivity contribution >= 4 is 60.4 Å². The van der Waals surface area contributed by atoms with Gasteiger partial charge >= 0.3 is 0 Å². The van der Waals surface area contributed by atoms with Crippen LogP contribution in [-0.2, 0) is 10.8 Å². The van der Waals surface area contributed by atoms with Gasteiger partial charge in [0.25, 0.3) is 0 Å². The maximum atomic E-state index is 2.49. The minimum absolute atomic E-state index is 0.00562. The predicted octanol–water partition coefficient (Wildman–Crippen LogP) is 18.2. The van der Waals surface area contributed by atoms with Crippen molar-refractivity contribution in [2.75, 3.05) is 4.90 Å². The Hall–Kier alpha value is -7.68. The van der Waals surface area contributed by atoms with Crippen LogP contribution in [0.15, 0.2) is 218 Å². The number of rotatable bonds is 7. The first-order valence-electron chi connectivity index (χ1n) is 23.2. The second-order valence-corrected chi connectivity index (χ2v) is 19.9. The number of nitrogens with zero attached hydrogens (tertiary/aromatic N) is 2. The summed E-state index contributed by atoms with van der Waals surface area (Å²) in [5, 5.41) is 7.61. The fourth-order valence-electron chi connectivity index (χ4n) is 9.82. The highest BCUT2D eigenvalue weighted by atomic mass is 15.1. The zero-order chi connectivity index (χ0) is 45.2. The molecule has 0 saturated heterocycles. The van der Waals surface area contributed by atoms with Crippen LogP contribution in [0.4, 0.5) is 17.1 Å². The lowest BCUT2D eigenvalue weighted by molar-refractivity contribution is 0.591. The van der Waals surface area contributed by atoms with Crippen molar-refractivity contribution in [3.8, 4) is 39.1 Å². The van der Waals surface area contributed by atoms with Gasteiger partial charge in [0, 0.05) is 33.5 Å². The van der Waals surface area contributed by atoms with Crippen LogP contribution in [-0.4, -0.2) is 4.57 Å². The fourth-order valence-corrected chi connectivity index (χ4v) is 9.82. The van der Waals surface area contributed by atoms with E-state index in [2.05, 4.69) is 269 Å². The molecule has 0 spiro atoms. The molecule has 0 amide bonds. The van der Waals surface area contributed by atoms with E-state index in [1.807, 2.05) is 0 Å². The van der Waals surface area contributed by atoms with Gasteiger partial charge in [-0.3, -0.25) is 0 Å². The molecule has 0 aliphatic carbocycles. The third kappa shape index (κ3) is 7.43. The monoisotopic (exact) mass is 850 g/mol. The molecular weight excluding hydrogens is 797 g/mol. The summed E-state index contributed by atoms with van der Waals surface area (Å²) >= 11 is 0. The third-order valence-corrected chi connectivity index (χ3v) is 13.5. The van der Waals surface area contributed by atoms with Gasteiger partial charge in [-0.05, 0) is 150 Å². The maximum Gasteiger partial charge on any atom is 0.0550 e.